The van der Waals surface area contributed by atoms with E-state index in [2.05, 4.69) is 6.92 Å². The number of hydrogen-bond acceptors (Lipinski definition) is 5. The van der Waals surface area contributed by atoms with Crippen LogP contribution in [0.15, 0.2) is 48.8 Å². The molecule has 2 saturated carbocycles. The molecule has 148 valence electrons. The summed E-state index contributed by atoms with van der Waals surface area (Å²) in [6, 6.07) is 10.9. The summed E-state index contributed by atoms with van der Waals surface area (Å²) in [6.07, 6.45) is 7.98. The van der Waals surface area contributed by atoms with E-state index in [1.54, 1.807) is 18.3 Å². The van der Waals surface area contributed by atoms with E-state index in [0.29, 0.717) is 23.7 Å². The van der Waals surface area contributed by atoms with Crippen molar-refractivity contribution in [2.75, 3.05) is 6.61 Å². The summed E-state index contributed by atoms with van der Waals surface area (Å²) in [6.45, 7) is 2.87. The second kappa shape index (κ2) is 5.83. The van der Waals surface area contributed by atoms with Gasteiger partial charge in [0, 0.05) is 23.9 Å². The fourth-order valence-electron chi connectivity index (χ4n) is 4.69. The smallest absolute Gasteiger partial charge is 0.348 e. The van der Waals surface area contributed by atoms with E-state index in [-0.39, 0.29) is 17.1 Å². The van der Waals surface area contributed by atoms with Gasteiger partial charge in [0.25, 0.3) is 0 Å². The van der Waals surface area contributed by atoms with Gasteiger partial charge in [-0.25, -0.2) is 9.78 Å². The van der Waals surface area contributed by atoms with Gasteiger partial charge in [-0.1, -0.05) is 18.2 Å². The van der Waals surface area contributed by atoms with Crippen LogP contribution in [0.5, 0.6) is 11.5 Å². The number of rotatable bonds is 5. The molecule has 2 bridgehead atoms. The Hall–Kier alpha value is -2.86. The van der Waals surface area contributed by atoms with E-state index in [1.807, 2.05) is 34.9 Å². The van der Waals surface area contributed by atoms with Crippen LogP contribution in [0.25, 0.3) is 5.65 Å². The normalized spacial score (nSPS) is 27.6. The second-order valence-electron chi connectivity index (χ2n) is 8.84. The highest BCUT2D eigenvalue weighted by molar-refractivity contribution is 5.94. The molecule has 0 amide bonds. The number of carbonyl (C=O) groups is 1. The molecule has 6 nitrogen and oxygen atoms in total. The molecular formula is C23H22N2O4. The van der Waals surface area contributed by atoms with E-state index in [4.69, 9.17) is 19.2 Å². The number of para-hydroxylation sites is 1. The Labute approximate surface area is 168 Å². The Morgan fingerprint density at radius 2 is 2.00 bits per heavy atom. The van der Waals surface area contributed by atoms with Gasteiger partial charge in [0.2, 0.25) is 0 Å². The molecule has 0 N–H and O–H groups in total. The number of benzene rings is 1. The number of esters is 1. The molecule has 0 radical (unpaired) electrons. The zero-order chi connectivity index (χ0) is 19.6. The molecule has 4 fully saturated rings. The Bertz CT molecular complexity index is 1110. The summed E-state index contributed by atoms with van der Waals surface area (Å²) < 4.78 is 19.4. The van der Waals surface area contributed by atoms with Crippen LogP contribution in [0.4, 0.5) is 0 Å². The van der Waals surface area contributed by atoms with Gasteiger partial charge in [-0.15, -0.1) is 0 Å². The monoisotopic (exact) mass is 390 g/mol. The summed E-state index contributed by atoms with van der Waals surface area (Å²) >= 11 is 0. The zero-order valence-electron chi connectivity index (χ0n) is 16.3. The maximum Gasteiger partial charge on any atom is 0.348 e. The number of hydrogen-bond donors (Lipinski definition) is 0. The van der Waals surface area contributed by atoms with E-state index in [0.717, 1.165) is 37.0 Å². The van der Waals surface area contributed by atoms with Crippen LogP contribution in [-0.4, -0.2) is 33.7 Å². The van der Waals surface area contributed by atoms with E-state index < -0.39 is 5.97 Å². The second-order valence-corrected chi connectivity index (χ2v) is 8.84. The summed E-state index contributed by atoms with van der Waals surface area (Å²) in [5.74, 6) is 0.622. The molecule has 6 heteroatoms. The van der Waals surface area contributed by atoms with Crippen molar-refractivity contribution in [1.82, 2.24) is 9.38 Å². The maximum absolute atomic E-state index is 12.9. The number of aromatic nitrogens is 2. The SMILES string of the molecule is CC12CC(c3cn4cc(C(=O)Oc5ccccc5)c(OC5CC5)cc4n3)(CO1)C2. The topological polar surface area (TPSA) is 62.1 Å². The number of ether oxygens (including phenoxy) is 3. The highest BCUT2D eigenvalue weighted by Crippen LogP contribution is 2.58. The van der Waals surface area contributed by atoms with Crippen molar-refractivity contribution >= 4 is 11.6 Å². The molecule has 4 aliphatic rings. The molecule has 1 aromatic carbocycles. The largest absolute Gasteiger partial charge is 0.489 e. The molecule has 2 aromatic heterocycles. The Morgan fingerprint density at radius 3 is 2.69 bits per heavy atom. The molecule has 2 aliphatic heterocycles. The third-order valence-corrected chi connectivity index (χ3v) is 6.21. The van der Waals surface area contributed by atoms with Crippen molar-refractivity contribution in [1.29, 1.82) is 0 Å². The molecule has 3 aromatic rings. The molecular weight excluding hydrogens is 368 g/mol. The van der Waals surface area contributed by atoms with Gasteiger partial charge < -0.3 is 18.6 Å². The van der Waals surface area contributed by atoms with Gasteiger partial charge in [-0.3, -0.25) is 0 Å². The Kier molecular flexibility index (Phi) is 3.42. The lowest BCUT2D eigenvalue weighted by Gasteiger charge is -2.41. The zero-order valence-corrected chi connectivity index (χ0v) is 16.3. The number of carbonyl (C=O) groups excluding carboxylic acids is 1. The Balaban J connectivity index is 1.37. The summed E-state index contributed by atoms with van der Waals surface area (Å²) in [7, 11) is 0. The van der Waals surface area contributed by atoms with Crippen LogP contribution in [0, 0.1) is 0 Å². The van der Waals surface area contributed by atoms with Crippen molar-refractivity contribution in [3.63, 3.8) is 0 Å². The average molecular weight is 390 g/mol. The first kappa shape index (κ1) is 17.0. The maximum atomic E-state index is 12.9. The van der Waals surface area contributed by atoms with Gasteiger partial charge >= 0.3 is 5.97 Å². The van der Waals surface area contributed by atoms with Gasteiger partial charge in [0.1, 0.15) is 22.7 Å². The van der Waals surface area contributed by atoms with Gasteiger partial charge in [-0.2, -0.15) is 0 Å². The predicted octanol–water partition coefficient (Wildman–Crippen LogP) is 3.92. The third-order valence-electron chi connectivity index (χ3n) is 6.21. The minimum Gasteiger partial charge on any atom is -0.489 e. The Morgan fingerprint density at radius 1 is 1.21 bits per heavy atom. The number of pyridine rings is 1. The third kappa shape index (κ3) is 2.82. The lowest BCUT2D eigenvalue weighted by molar-refractivity contribution is 0.0154. The molecule has 0 spiro atoms. The summed E-state index contributed by atoms with van der Waals surface area (Å²) in [5.41, 5.74) is 2.22. The van der Waals surface area contributed by atoms with Crippen molar-refractivity contribution < 1.29 is 19.0 Å². The first-order valence-electron chi connectivity index (χ1n) is 10.1. The average Bonchev–Trinajstić information content (AvgIpc) is 3.15. The van der Waals surface area contributed by atoms with E-state index in [9.17, 15) is 4.79 Å². The summed E-state index contributed by atoms with van der Waals surface area (Å²) in [4.78, 5) is 17.8. The molecule has 0 unspecified atom stereocenters. The minimum absolute atomic E-state index is 0.000690. The quantitative estimate of drug-likeness (QED) is 0.488. The highest BCUT2D eigenvalue weighted by atomic mass is 16.5. The van der Waals surface area contributed by atoms with Crippen LogP contribution in [0.1, 0.15) is 48.7 Å². The highest BCUT2D eigenvalue weighted by Gasteiger charge is 2.61. The number of fused-ring (bicyclic) bond motifs is 2. The molecule has 2 saturated heterocycles. The predicted molar refractivity (Wildman–Crippen MR) is 106 cm³/mol. The van der Waals surface area contributed by atoms with Gasteiger partial charge in [0.15, 0.2) is 0 Å². The van der Waals surface area contributed by atoms with E-state index >= 15 is 0 Å². The van der Waals surface area contributed by atoms with Crippen molar-refractivity contribution in [2.45, 2.75) is 49.7 Å². The van der Waals surface area contributed by atoms with Crippen LogP contribution >= 0.6 is 0 Å². The molecule has 7 rings (SSSR count). The van der Waals surface area contributed by atoms with Crippen LogP contribution in [-0.2, 0) is 10.2 Å². The lowest BCUT2D eigenvalue weighted by Crippen LogP contribution is -2.45. The first-order valence-corrected chi connectivity index (χ1v) is 10.1. The van der Waals surface area contributed by atoms with Crippen LogP contribution in [0.2, 0.25) is 0 Å². The van der Waals surface area contributed by atoms with Gasteiger partial charge in [0.05, 0.1) is 24.0 Å². The van der Waals surface area contributed by atoms with Crippen molar-refractivity contribution in [3.8, 4) is 11.5 Å². The fraction of sp³-hybridized carbons (Fsp3) is 0.391. The lowest BCUT2D eigenvalue weighted by atomic mass is 9.62. The molecule has 4 heterocycles. The molecule has 2 aliphatic carbocycles. The minimum atomic E-state index is -0.428. The molecule has 0 atom stereocenters. The van der Waals surface area contributed by atoms with Crippen molar-refractivity contribution in [2.24, 2.45) is 0 Å². The van der Waals surface area contributed by atoms with Crippen LogP contribution in [0.3, 0.4) is 0 Å². The standard InChI is InChI=1S/C23H22N2O4/c1-22-12-23(13-22,14-27-22)19-11-25-10-17(21(26)29-15-5-3-2-4-6-15)18(9-20(25)24-19)28-16-7-8-16/h2-6,9-11,16H,7-8,12-14H2,1H3. The van der Waals surface area contributed by atoms with E-state index in [1.165, 1.54) is 0 Å². The molecule has 29 heavy (non-hydrogen) atoms. The van der Waals surface area contributed by atoms with Crippen molar-refractivity contribution in [3.05, 3.63) is 60.0 Å². The summed E-state index contributed by atoms with van der Waals surface area (Å²) in [5, 5.41) is 0. The van der Waals surface area contributed by atoms with Gasteiger partial charge in [-0.05, 0) is 44.7 Å². The van der Waals surface area contributed by atoms with Crippen LogP contribution < -0.4 is 9.47 Å². The number of imidazole rings is 1. The number of nitrogens with zero attached hydrogens (tertiary/aromatic N) is 2. The fourth-order valence-corrected chi connectivity index (χ4v) is 4.69. The first-order chi connectivity index (χ1) is 14.0.